The minimum absolute atomic E-state index is 0.0816. The number of nitrogens with zero attached hydrogens (tertiary/aromatic N) is 3. The van der Waals surface area contributed by atoms with Crippen LogP contribution >= 0.6 is 0 Å². The Kier molecular flexibility index (Phi) is 9.43. The van der Waals surface area contributed by atoms with Crippen molar-refractivity contribution in [2.75, 3.05) is 16.5 Å². The molecular formula is C31H30N4O7. The summed E-state index contributed by atoms with van der Waals surface area (Å²) in [5, 5.41) is 13.8. The van der Waals surface area contributed by atoms with Gasteiger partial charge in [-0.1, -0.05) is 60.7 Å². The van der Waals surface area contributed by atoms with Gasteiger partial charge in [0.2, 0.25) is 11.8 Å². The minimum atomic E-state index is -1.54. The van der Waals surface area contributed by atoms with Crippen LogP contribution in [0.5, 0.6) is 0 Å². The first-order valence-corrected chi connectivity index (χ1v) is 13.3. The van der Waals surface area contributed by atoms with Crippen molar-refractivity contribution in [1.29, 1.82) is 0 Å². The van der Waals surface area contributed by atoms with Crippen LogP contribution in [0, 0.1) is 0 Å². The SMILES string of the molecule is CC(=O)N([C@H](C=O)CC(=O)O)N1C(=O)[C@@H](NC(=O)c2ccccc2)CN(C(=O)CCc2ccccc2)c2ccccc21. The van der Waals surface area contributed by atoms with Gasteiger partial charge in [-0.2, -0.15) is 0 Å². The van der Waals surface area contributed by atoms with Crippen LogP contribution in [0.25, 0.3) is 0 Å². The third kappa shape index (κ3) is 6.69. The second-order valence-electron chi connectivity index (χ2n) is 9.69. The maximum atomic E-state index is 14.2. The Morgan fingerprint density at radius 1 is 0.952 bits per heavy atom. The molecule has 3 aromatic rings. The Bertz CT molecular complexity index is 1480. The number of hydrogen-bond acceptors (Lipinski definition) is 6. The second kappa shape index (κ2) is 13.4. The highest BCUT2D eigenvalue weighted by molar-refractivity contribution is 6.10. The number of fused-ring (bicyclic) bond motifs is 1. The summed E-state index contributed by atoms with van der Waals surface area (Å²) >= 11 is 0. The van der Waals surface area contributed by atoms with Crippen LogP contribution in [0.1, 0.15) is 35.7 Å². The normalized spacial score (nSPS) is 15.2. The quantitative estimate of drug-likeness (QED) is 0.357. The zero-order valence-corrected chi connectivity index (χ0v) is 22.9. The second-order valence-corrected chi connectivity index (χ2v) is 9.69. The number of benzene rings is 3. The molecule has 1 heterocycles. The number of carbonyl (C=O) groups is 6. The largest absolute Gasteiger partial charge is 0.481 e. The maximum Gasteiger partial charge on any atom is 0.305 e. The summed E-state index contributed by atoms with van der Waals surface area (Å²) in [4.78, 5) is 79.0. The van der Waals surface area contributed by atoms with Crippen molar-refractivity contribution in [3.63, 3.8) is 0 Å². The van der Waals surface area contributed by atoms with Gasteiger partial charge in [0.25, 0.3) is 11.8 Å². The van der Waals surface area contributed by atoms with Gasteiger partial charge in [0.05, 0.1) is 24.3 Å². The lowest BCUT2D eigenvalue weighted by molar-refractivity contribution is -0.145. The lowest BCUT2D eigenvalue weighted by Gasteiger charge is -2.38. The molecule has 0 aromatic heterocycles. The lowest BCUT2D eigenvalue weighted by Crippen LogP contribution is -2.61. The molecule has 2 atom stereocenters. The molecule has 0 aliphatic carbocycles. The van der Waals surface area contributed by atoms with Crippen molar-refractivity contribution >= 4 is 47.3 Å². The summed E-state index contributed by atoms with van der Waals surface area (Å²) in [6, 6.07) is 21.0. The molecule has 3 aromatic carbocycles. The van der Waals surface area contributed by atoms with Gasteiger partial charge in [0, 0.05) is 18.9 Å². The molecule has 0 saturated heterocycles. The Morgan fingerprint density at radius 2 is 1.55 bits per heavy atom. The molecule has 0 radical (unpaired) electrons. The highest BCUT2D eigenvalue weighted by atomic mass is 16.4. The van der Waals surface area contributed by atoms with Crippen molar-refractivity contribution < 1.29 is 33.9 Å². The summed E-state index contributed by atoms with van der Waals surface area (Å²) < 4.78 is 0. The number of aryl methyl sites for hydroxylation is 1. The topological polar surface area (TPSA) is 144 Å². The van der Waals surface area contributed by atoms with E-state index in [1.54, 1.807) is 48.5 Å². The zero-order valence-electron chi connectivity index (χ0n) is 22.9. The van der Waals surface area contributed by atoms with Gasteiger partial charge in [-0.3, -0.25) is 24.0 Å². The first kappa shape index (κ1) is 29.7. The molecule has 2 N–H and O–H groups in total. The van der Waals surface area contributed by atoms with Gasteiger partial charge in [-0.15, -0.1) is 0 Å². The number of hydrazine groups is 1. The van der Waals surface area contributed by atoms with Crippen LogP contribution in [0.3, 0.4) is 0 Å². The Labute approximate surface area is 242 Å². The molecule has 0 unspecified atom stereocenters. The van der Waals surface area contributed by atoms with Crippen molar-refractivity contribution in [2.45, 2.75) is 38.3 Å². The van der Waals surface area contributed by atoms with E-state index < -0.39 is 42.2 Å². The number of nitrogens with one attached hydrogen (secondary N) is 1. The van der Waals surface area contributed by atoms with E-state index in [1.807, 2.05) is 30.3 Å². The number of aldehydes is 1. The Balaban J connectivity index is 1.79. The minimum Gasteiger partial charge on any atom is -0.481 e. The number of para-hydroxylation sites is 2. The molecule has 216 valence electrons. The molecule has 11 heteroatoms. The maximum absolute atomic E-state index is 14.2. The van der Waals surface area contributed by atoms with Crippen molar-refractivity contribution in [3.8, 4) is 0 Å². The van der Waals surface area contributed by atoms with Gasteiger partial charge in [0.15, 0.2) is 0 Å². The third-order valence-corrected chi connectivity index (χ3v) is 6.78. The molecule has 0 fully saturated rings. The number of aliphatic carboxylic acids is 1. The fourth-order valence-electron chi connectivity index (χ4n) is 4.82. The van der Waals surface area contributed by atoms with Gasteiger partial charge in [0.1, 0.15) is 18.4 Å². The number of anilines is 2. The molecule has 1 aliphatic heterocycles. The van der Waals surface area contributed by atoms with Gasteiger partial charge < -0.3 is 20.1 Å². The molecule has 4 amide bonds. The van der Waals surface area contributed by atoms with Crippen molar-refractivity contribution in [2.24, 2.45) is 0 Å². The monoisotopic (exact) mass is 570 g/mol. The number of amides is 4. The van der Waals surface area contributed by atoms with E-state index in [1.165, 1.54) is 11.0 Å². The first-order valence-electron chi connectivity index (χ1n) is 13.3. The fraction of sp³-hybridized carbons (Fsp3) is 0.226. The van der Waals surface area contributed by atoms with E-state index in [9.17, 15) is 33.9 Å². The molecule has 1 aliphatic rings. The van der Waals surface area contributed by atoms with Crippen molar-refractivity contribution in [1.82, 2.24) is 10.3 Å². The van der Waals surface area contributed by atoms with Crippen LogP contribution in [0.4, 0.5) is 11.4 Å². The fourth-order valence-corrected chi connectivity index (χ4v) is 4.82. The van der Waals surface area contributed by atoms with Crippen molar-refractivity contribution in [3.05, 3.63) is 96.1 Å². The van der Waals surface area contributed by atoms with E-state index in [2.05, 4.69) is 5.32 Å². The van der Waals surface area contributed by atoms with Gasteiger partial charge in [-0.25, -0.2) is 10.0 Å². The molecular weight excluding hydrogens is 540 g/mol. The van der Waals surface area contributed by atoms with Crippen LogP contribution in [0.2, 0.25) is 0 Å². The number of carboxylic acid groups (broad SMARTS) is 1. The Morgan fingerprint density at radius 3 is 2.14 bits per heavy atom. The van der Waals surface area contributed by atoms with E-state index in [-0.39, 0.29) is 42.1 Å². The molecule has 11 nitrogen and oxygen atoms in total. The highest BCUT2D eigenvalue weighted by Crippen LogP contribution is 2.35. The average Bonchev–Trinajstić information content (AvgIpc) is 3.11. The van der Waals surface area contributed by atoms with E-state index >= 15 is 0 Å². The third-order valence-electron chi connectivity index (χ3n) is 6.78. The molecule has 42 heavy (non-hydrogen) atoms. The predicted molar refractivity (Wildman–Crippen MR) is 153 cm³/mol. The van der Waals surface area contributed by atoms with Crippen LogP contribution in [-0.4, -0.2) is 64.6 Å². The summed E-state index contributed by atoms with van der Waals surface area (Å²) in [6.07, 6.45) is 0.00710. The first-order chi connectivity index (χ1) is 20.2. The standard InChI is InChI=1S/C31H30N4O7/c1-21(37)34(24(20-36)18-29(39)40)35-27-15-9-8-14-26(27)33(28(38)17-16-22-10-4-2-5-11-22)19-25(31(35)42)32-30(41)23-12-6-3-7-13-23/h2-15,20,24-25H,16-19H2,1H3,(H,32,41)(H,39,40)/t24-,25-/m0/s1. The van der Waals surface area contributed by atoms with E-state index in [0.29, 0.717) is 6.42 Å². The smallest absolute Gasteiger partial charge is 0.305 e. The summed E-state index contributed by atoms with van der Waals surface area (Å²) in [5.41, 5.74) is 1.54. The van der Waals surface area contributed by atoms with E-state index in [0.717, 1.165) is 22.5 Å². The molecule has 4 rings (SSSR count). The lowest BCUT2D eigenvalue weighted by atomic mass is 10.1. The Hall–Kier alpha value is -5.32. The van der Waals surface area contributed by atoms with Gasteiger partial charge >= 0.3 is 5.97 Å². The zero-order chi connectivity index (χ0) is 30.2. The number of carbonyl (C=O) groups excluding carboxylic acids is 5. The number of carboxylic acids is 1. The van der Waals surface area contributed by atoms with Crippen LogP contribution < -0.4 is 15.2 Å². The van der Waals surface area contributed by atoms with E-state index in [4.69, 9.17) is 0 Å². The summed E-state index contributed by atoms with van der Waals surface area (Å²) in [5.74, 6) is -3.90. The molecule has 0 saturated carbocycles. The van der Waals surface area contributed by atoms with Crippen LogP contribution in [0.15, 0.2) is 84.9 Å². The highest BCUT2D eigenvalue weighted by Gasteiger charge is 2.42. The summed E-state index contributed by atoms with van der Waals surface area (Å²) in [7, 11) is 0. The predicted octanol–water partition coefficient (Wildman–Crippen LogP) is 2.60. The van der Waals surface area contributed by atoms with Gasteiger partial charge in [-0.05, 0) is 36.2 Å². The number of rotatable bonds is 10. The molecule has 0 spiro atoms. The molecule has 0 bridgehead atoms. The summed E-state index contributed by atoms with van der Waals surface area (Å²) in [6.45, 7) is 0.828. The average molecular weight is 571 g/mol. The number of hydrogen-bond donors (Lipinski definition) is 2. The van der Waals surface area contributed by atoms with Crippen LogP contribution in [-0.2, 0) is 30.4 Å².